The summed E-state index contributed by atoms with van der Waals surface area (Å²) in [7, 11) is -0.571. The lowest BCUT2D eigenvalue weighted by molar-refractivity contribution is 0.173. The summed E-state index contributed by atoms with van der Waals surface area (Å²) in [6, 6.07) is 35.3. The van der Waals surface area contributed by atoms with Crippen molar-refractivity contribution < 1.29 is 9.31 Å². The van der Waals surface area contributed by atoms with Gasteiger partial charge < -0.3 is 14.6 Å². The summed E-state index contributed by atoms with van der Waals surface area (Å²) in [5.41, 5.74) is 6.76. The quantitative estimate of drug-likeness (QED) is 0.353. The summed E-state index contributed by atoms with van der Waals surface area (Å²) in [6.45, 7) is 8.07. The minimum atomic E-state index is -0.571. The van der Waals surface area contributed by atoms with Gasteiger partial charge in [-0.15, -0.1) is 0 Å². The van der Waals surface area contributed by atoms with Crippen LogP contribution in [0.2, 0.25) is 0 Å². The number of para-hydroxylation sites is 1. The Hall–Kier alpha value is -3.76. The first-order chi connectivity index (χ1) is 16.0. The zero-order valence-corrected chi connectivity index (χ0v) is 18.9. The Labute approximate surface area is 195 Å². The summed E-state index contributed by atoms with van der Waals surface area (Å²) in [6.07, 6.45) is 0. The molecule has 0 saturated carbocycles. The van der Waals surface area contributed by atoms with Gasteiger partial charge in [-0.05, 0) is 60.4 Å². The smallest absolute Gasteiger partial charge is 0.534 e. The van der Waals surface area contributed by atoms with E-state index in [0.717, 1.165) is 39.1 Å². The molecule has 3 nitrogen and oxygen atoms in total. The molecule has 1 aliphatic rings. The largest absolute Gasteiger partial charge is 0.566 e. The van der Waals surface area contributed by atoms with Crippen molar-refractivity contribution in [2.24, 2.45) is 0 Å². The summed E-state index contributed by atoms with van der Waals surface area (Å²) in [5, 5.41) is 3.62. The van der Waals surface area contributed by atoms with Crippen molar-refractivity contribution in [3.05, 3.63) is 115 Å². The van der Waals surface area contributed by atoms with Gasteiger partial charge in [-0.3, -0.25) is 0 Å². The molecule has 4 heteroatoms. The molecule has 33 heavy (non-hydrogen) atoms. The van der Waals surface area contributed by atoms with Crippen LogP contribution in [-0.2, 0) is 9.31 Å². The minimum Gasteiger partial charge on any atom is -0.534 e. The zero-order chi connectivity index (χ0) is 22.8. The first-order valence-electron chi connectivity index (χ1n) is 11.2. The second-order valence-corrected chi connectivity index (χ2v) is 8.71. The van der Waals surface area contributed by atoms with Crippen LogP contribution < -0.4 is 10.8 Å². The van der Waals surface area contributed by atoms with E-state index < -0.39 is 12.7 Å². The maximum absolute atomic E-state index is 6.37. The average Bonchev–Trinajstić information content (AvgIpc) is 3.12. The molecule has 0 atom stereocenters. The molecule has 0 aromatic heterocycles. The highest BCUT2D eigenvalue weighted by Gasteiger charge is 2.45. The standard InChI is InChI=1S/C29H26BNO2/c1-21-29(2,3)33-30(32-21)28-26(23-15-9-5-10-16-23)19-24(22-13-7-4-8-14-22)20-27(28)31-25-17-11-6-12-18-25/h4-20,31H,1H2,2-3H3. The van der Waals surface area contributed by atoms with Gasteiger partial charge in [-0.25, -0.2) is 0 Å². The van der Waals surface area contributed by atoms with Crippen molar-refractivity contribution in [2.75, 3.05) is 5.32 Å². The predicted molar refractivity (Wildman–Crippen MR) is 138 cm³/mol. The van der Waals surface area contributed by atoms with Gasteiger partial charge in [-0.2, -0.15) is 0 Å². The maximum Gasteiger partial charge on any atom is 0.566 e. The van der Waals surface area contributed by atoms with E-state index >= 15 is 0 Å². The summed E-state index contributed by atoms with van der Waals surface area (Å²) < 4.78 is 12.6. The Kier molecular flexibility index (Phi) is 5.53. The van der Waals surface area contributed by atoms with Crippen LogP contribution in [0.5, 0.6) is 0 Å². The van der Waals surface area contributed by atoms with Crippen molar-refractivity contribution in [1.82, 2.24) is 0 Å². The maximum atomic E-state index is 6.37. The zero-order valence-electron chi connectivity index (χ0n) is 18.9. The number of anilines is 2. The molecular weight excluding hydrogens is 405 g/mol. The molecule has 162 valence electrons. The third-order valence-corrected chi connectivity index (χ3v) is 5.98. The molecule has 0 amide bonds. The molecule has 1 aliphatic heterocycles. The molecule has 1 N–H and O–H groups in total. The average molecular weight is 431 g/mol. The molecule has 1 fully saturated rings. The van der Waals surface area contributed by atoms with E-state index in [1.165, 1.54) is 0 Å². The van der Waals surface area contributed by atoms with Crippen molar-refractivity contribution in [3.8, 4) is 22.3 Å². The first kappa shape index (κ1) is 21.1. The molecule has 1 saturated heterocycles. The van der Waals surface area contributed by atoms with E-state index in [4.69, 9.17) is 9.31 Å². The molecular formula is C29H26BNO2. The molecule has 5 rings (SSSR count). The lowest BCUT2D eigenvalue weighted by Gasteiger charge is -2.21. The molecule has 0 bridgehead atoms. The summed E-state index contributed by atoms with van der Waals surface area (Å²) in [4.78, 5) is 0. The van der Waals surface area contributed by atoms with E-state index in [0.29, 0.717) is 5.76 Å². The normalized spacial score (nSPS) is 14.7. The number of hydrogen-bond acceptors (Lipinski definition) is 3. The van der Waals surface area contributed by atoms with Gasteiger partial charge in [0.15, 0.2) is 0 Å². The van der Waals surface area contributed by atoms with Gasteiger partial charge in [0.1, 0.15) is 5.60 Å². The number of nitrogens with one attached hydrogen (secondary N) is 1. The Bertz CT molecular complexity index is 1270. The van der Waals surface area contributed by atoms with Gasteiger partial charge in [-0.1, -0.05) is 85.4 Å². The molecule has 4 aromatic carbocycles. The Morgan fingerprint density at radius 3 is 1.88 bits per heavy atom. The second kappa shape index (κ2) is 8.65. The third-order valence-electron chi connectivity index (χ3n) is 5.98. The molecule has 4 aromatic rings. The van der Waals surface area contributed by atoms with Crippen LogP contribution in [0.4, 0.5) is 11.4 Å². The van der Waals surface area contributed by atoms with Gasteiger partial charge in [0.2, 0.25) is 0 Å². The topological polar surface area (TPSA) is 30.5 Å². The molecule has 1 heterocycles. The fourth-order valence-electron chi connectivity index (χ4n) is 4.09. The Balaban J connectivity index is 1.74. The lowest BCUT2D eigenvalue weighted by atomic mass is 9.72. The SMILES string of the molecule is C=C1OB(c2c(Nc3ccccc3)cc(-c3ccccc3)cc2-c2ccccc2)OC1(C)C. The van der Waals surface area contributed by atoms with Crippen molar-refractivity contribution in [1.29, 1.82) is 0 Å². The molecule has 0 radical (unpaired) electrons. The highest BCUT2D eigenvalue weighted by molar-refractivity contribution is 6.66. The van der Waals surface area contributed by atoms with Crippen LogP contribution in [0.15, 0.2) is 115 Å². The summed E-state index contributed by atoms with van der Waals surface area (Å²) in [5.74, 6) is 0.629. The van der Waals surface area contributed by atoms with Crippen LogP contribution in [0.1, 0.15) is 13.8 Å². The second-order valence-electron chi connectivity index (χ2n) is 8.71. The van der Waals surface area contributed by atoms with E-state index in [9.17, 15) is 0 Å². The van der Waals surface area contributed by atoms with Crippen LogP contribution in [0.3, 0.4) is 0 Å². The number of hydrogen-bond donors (Lipinski definition) is 1. The highest BCUT2D eigenvalue weighted by atomic mass is 16.7. The van der Waals surface area contributed by atoms with Crippen LogP contribution >= 0.6 is 0 Å². The fraction of sp³-hybridized carbons (Fsp3) is 0.103. The van der Waals surface area contributed by atoms with Crippen LogP contribution in [0, 0.1) is 0 Å². The van der Waals surface area contributed by atoms with Crippen molar-refractivity contribution >= 4 is 24.0 Å². The van der Waals surface area contributed by atoms with Gasteiger partial charge in [0.25, 0.3) is 0 Å². The third kappa shape index (κ3) is 4.30. The lowest BCUT2D eigenvalue weighted by Crippen LogP contribution is -2.37. The molecule has 0 unspecified atom stereocenters. The molecule has 0 spiro atoms. The van der Waals surface area contributed by atoms with E-state index in [1.54, 1.807) is 0 Å². The van der Waals surface area contributed by atoms with E-state index in [1.807, 2.05) is 44.2 Å². The van der Waals surface area contributed by atoms with Gasteiger partial charge >= 0.3 is 7.12 Å². The van der Waals surface area contributed by atoms with Crippen molar-refractivity contribution in [3.63, 3.8) is 0 Å². The van der Waals surface area contributed by atoms with Gasteiger partial charge in [0, 0.05) is 16.8 Å². The van der Waals surface area contributed by atoms with Crippen molar-refractivity contribution in [2.45, 2.75) is 19.4 Å². The van der Waals surface area contributed by atoms with Crippen LogP contribution in [0.25, 0.3) is 22.3 Å². The van der Waals surface area contributed by atoms with E-state index in [-0.39, 0.29) is 0 Å². The van der Waals surface area contributed by atoms with Crippen LogP contribution in [-0.4, -0.2) is 12.7 Å². The monoisotopic (exact) mass is 431 g/mol. The Morgan fingerprint density at radius 1 is 0.727 bits per heavy atom. The molecule has 0 aliphatic carbocycles. The fourth-order valence-corrected chi connectivity index (χ4v) is 4.09. The summed E-state index contributed by atoms with van der Waals surface area (Å²) >= 11 is 0. The predicted octanol–water partition coefficient (Wildman–Crippen LogP) is 6.80. The number of benzene rings is 4. The van der Waals surface area contributed by atoms with Gasteiger partial charge in [0.05, 0.1) is 5.76 Å². The number of rotatable bonds is 5. The Morgan fingerprint density at radius 2 is 1.30 bits per heavy atom. The minimum absolute atomic E-state index is 0.569. The first-order valence-corrected chi connectivity index (χ1v) is 11.2. The highest BCUT2D eigenvalue weighted by Crippen LogP contribution is 2.35. The van der Waals surface area contributed by atoms with E-state index in [2.05, 4.69) is 84.7 Å².